The highest BCUT2D eigenvalue weighted by molar-refractivity contribution is 7.11. The van der Waals surface area contributed by atoms with Crippen molar-refractivity contribution in [2.45, 2.75) is 39.5 Å². The number of carbonyl (C=O) groups excluding carboxylic acids is 2. The first kappa shape index (κ1) is 13.2. The quantitative estimate of drug-likeness (QED) is 0.904. The van der Waals surface area contributed by atoms with Crippen LogP contribution in [-0.2, 0) is 16.0 Å². The third kappa shape index (κ3) is 3.16. The number of aromatic nitrogens is 1. The Bertz CT molecular complexity index is 468. The van der Waals surface area contributed by atoms with E-state index in [1.807, 2.05) is 13.8 Å². The fraction of sp³-hybridized carbons (Fsp3) is 0.615. The van der Waals surface area contributed by atoms with Gasteiger partial charge in [-0.25, -0.2) is 4.98 Å². The van der Waals surface area contributed by atoms with Crippen LogP contribution in [0.5, 0.6) is 0 Å². The second-order valence-electron chi connectivity index (χ2n) is 4.77. The summed E-state index contributed by atoms with van der Waals surface area (Å²) in [5.41, 5.74) is 0.854. The van der Waals surface area contributed by atoms with E-state index in [2.05, 4.69) is 10.3 Å². The third-order valence-corrected chi connectivity index (χ3v) is 4.23. The second kappa shape index (κ2) is 5.61. The Balaban J connectivity index is 1.82. The monoisotopic (exact) mass is 266 g/mol. The molecule has 1 amide bonds. The van der Waals surface area contributed by atoms with Crippen LogP contribution in [-0.4, -0.2) is 23.2 Å². The zero-order valence-corrected chi connectivity index (χ0v) is 11.6. The molecular weight excluding hydrogens is 248 g/mol. The molecule has 18 heavy (non-hydrogen) atoms. The number of nitrogens with one attached hydrogen (secondary N) is 1. The summed E-state index contributed by atoms with van der Waals surface area (Å²) in [6.45, 7) is 4.41. The standard InChI is InChI=1S/C13H18N2O2S/c1-8-11(15-9(2)18-8)6-13(17)14-7-10-4-3-5-12(10)16/h10H,3-7H2,1-2H3,(H,14,17). The Morgan fingerprint density at radius 3 is 2.83 bits per heavy atom. The fourth-order valence-corrected chi connectivity index (χ4v) is 3.13. The van der Waals surface area contributed by atoms with E-state index in [-0.39, 0.29) is 17.6 Å². The maximum absolute atomic E-state index is 11.8. The molecule has 1 N–H and O–H groups in total. The molecular formula is C13H18N2O2S. The molecule has 1 atom stereocenters. The van der Waals surface area contributed by atoms with E-state index < -0.39 is 0 Å². The Hall–Kier alpha value is -1.23. The molecule has 5 heteroatoms. The SMILES string of the molecule is Cc1nc(CC(=O)NCC2CCCC2=O)c(C)s1. The van der Waals surface area contributed by atoms with Crippen LogP contribution in [0.2, 0.25) is 0 Å². The van der Waals surface area contributed by atoms with Gasteiger partial charge in [0.1, 0.15) is 5.78 Å². The van der Waals surface area contributed by atoms with Crippen LogP contribution in [0, 0.1) is 19.8 Å². The van der Waals surface area contributed by atoms with Crippen LogP contribution < -0.4 is 5.32 Å². The molecule has 98 valence electrons. The van der Waals surface area contributed by atoms with Gasteiger partial charge >= 0.3 is 0 Å². The lowest BCUT2D eigenvalue weighted by molar-refractivity contribution is -0.122. The predicted molar refractivity (Wildman–Crippen MR) is 70.6 cm³/mol. The molecule has 4 nitrogen and oxygen atoms in total. The molecule has 1 aromatic heterocycles. The molecule has 2 rings (SSSR count). The Kier molecular flexibility index (Phi) is 4.11. The van der Waals surface area contributed by atoms with Crippen molar-refractivity contribution in [3.05, 3.63) is 15.6 Å². The Morgan fingerprint density at radius 1 is 1.50 bits per heavy atom. The summed E-state index contributed by atoms with van der Waals surface area (Å²) in [6, 6.07) is 0. The van der Waals surface area contributed by atoms with Crippen LogP contribution in [0.25, 0.3) is 0 Å². The van der Waals surface area contributed by atoms with Gasteiger partial charge < -0.3 is 5.32 Å². The number of hydrogen-bond acceptors (Lipinski definition) is 4. The zero-order valence-electron chi connectivity index (χ0n) is 10.8. The predicted octanol–water partition coefficient (Wildman–Crippen LogP) is 1.79. The number of carbonyl (C=O) groups is 2. The van der Waals surface area contributed by atoms with Crippen LogP contribution in [0.15, 0.2) is 0 Å². The summed E-state index contributed by atoms with van der Waals surface area (Å²) in [5.74, 6) is 0.284. The van der Waals surface area contributed by atoms with Crippen molar-refractivity contribution >= 4 is 23.0 Å². The molecule has 0 saturated heterocycles. The van der Waals surface area contributed by atoms with Gasteiger partial charge in [-0.05, 0) is 26.7 Å². The van der Waals surface area contributed by atoms with Crippen molar-refractivity contribution in [1.82, 2.24) is 10.3 Å². The van der Waals surface area contributed by atoms with E-state index in [0.29, 0.717) is 19.4 Å². The van der Waals surface area contributed by atoms with E-state index in [9.17, 15) is 9.59 Å². The van der Waals surface area contributed by atoms with Gasteiger partial charge in [-0.3, -0.25) is 9.59 Å². The third-order valence-electron chi connectivity index (χ3n) is 3.30. The minimum Gasteiger partial charge on any atom is -0.355 e. The fourth-order valence-electron chi connectivity index (χ4n) is 2.29. The molecule has 1 aliphatic rings. The molecule has 0 bridgehead atoms. The van der Waals surface area contributed by atoms with Crippen molar-refractivity contribution in [3.8, 4) is 0 Å². The summed E-state index contributed by atoms with van der Waals surface area (Å²) in [4.78, 5) is 28.7. The van der Waals surface area contributed by atoms with Crippen LogP contribution in [0.1, 0.15) is 34.8 Å². The van der Waals surface area contributed by atoms with Gasteiger partial charge in [0.15, 0.2) is 0 Å². The maximum Gasteiger partial charge on any atom is 0.226 e. The van der Waals surface area contributed by atoms with E-state index in [0.717, 1.165) is 28.4 Å². The average Bonchev–Trinajstić information content (AvgIpc) is 2.83. The van der Waals surface area contributed by atoms with Crippen LogP contribution in [0.3, 0.4) is 0 Å². The van der Waals surface area contributed by atoms with Gasteiger partial charge in [-0.1, -0.05) is 0 Å². The first-order valence-electron chi connectivity index (χ1n) is 6.28. The Labute approximate surface area is 111 Å². The van der Waals surface area contributed by atoms with Crippen LogP contribution in [0.4, 0.5) is 0 Å². The molecule has 1 aromatic rings. The molecule has 0 aromatic carbocycles. The smallest absolute Gasteiger partial charge is 0.226 e. The van der Waals surface area contributed by atoms with E-state index >= 15 is 0 Å². The molecule has 0 aliphatic heterocycles. The number of rotatable bonds is 4. The van der Waals surface area contributed by atoms with Gasteiger partial charge in [-0.2, -0.15) is 0 Å². The number of aryl methyl sites for hydroxylation is 2. The zero-order chi connectivity index (χ0) is 13.1. The highest BCUT2D eigenvalue weighted by Crippen LogP contribution is 2.20. The lowest BCUT2D eigenvalue weighted by Gasteiger charge is -2.09. The summed E-state index contributed by atoms with van der Waals surface area (Å²) in [7, 11) is 0. The highest BCUT2D eigenvalue weighted by atomic mass is 32.1. The van der Waals surface area contributed by atoms with E-state index in [1.165, 1.54) is 0 Å². The molecule has 0 spiro atoms. The number of hydrogen-bond donors (Lipinski definition) is 1. The molecule has 1 saturated carbocycles. The summed E-state index contributed by atoms with van der Waals surface area (Å²) in [5, 5.41) is 3.83. The molecule has 1 heterocycles. The molecule has 1 unspecified atom stereocenters. The van der Waals surface area contributed by atoms with Gasteiger partial charge in [0.25, 0.3) is 0 Å². The minimum absolute atomic E-state index is 0.0345. The van der Waals surface area contributed by atoms with Gasteiger partial charge in [-0.15, -0.1) is 11.3 Å². The first-order chi connectivity index (χ1) is 8.56. The topological polar surface area (TPSA) is 59.1 Å². The van der Waals surface area contributed by atoms with E-state index in [4.69, 9.17) is 0 Å². The van der Waals surface area contributed by atoms with Gasteiger partial charge in [0.2, 0.25) is 5.91 Å². The van der Waals surface area contributed by atoms with Crippen molar-refractivity contribution < 1.29 is 9.59 Å². The summed E-state index contributed by atoms with van der Waals surface area (Å²) in [6.07, 6.45) is 2.86. The normalized spacial score (nSPS) is 19.2. The number of thiazole rings is 1. The number of Topliss-reactive ketones (excluding diaryl/α,β-unsaturated/α-hetero) is 1. The van der Waals surface area contributed by atoms with Crippen molar-refractivity contribution in [1.29, 1.82) is 0 Å². The molecule has 1 aliphatic carbocycles. The lowest BCUT2D eigenvalue weighted by Crippen LogP contribution is -2.32. The number of amides is 1. The first-order valence-corrected chi connectivity index (χ1v) is 7.10. The number of ketones is 1. The highest BCUT2D eigenvalue weighted by Gasteiger charge is 2.24. The lowest BCUT2D eigenvalue weighted by atomic mass is 10.1. The Morgan fingerprint density at radius 2 is 2.28 bits per heavy atom. The largest absolute Gasteiger partial charge is 0.355 e. The minimum atomic E-state index is -0.0388. The molecule has 1 fully saturated rings. The number of nitrogens with zero attached hydrogens (tertiary/aromatic N) is 1. The van der Waals surface area contributed by atoms with Crippen molar-refractivity contribution in [2.75, 3.05) is 6.54 Å². The summed E-state index contributed by atoms with van der Waals surface area (Å²) >= 11 is 1.61. The van der Waals surface area contributed by atoms with Gasteiger partial charge in [0, 0.05) is 23.8 Å². The maximum atomic E-state index is 11.8. The van der Waals surface area contributed by atoms with E-state index in [1.54, 1.807) is 11.3 Å². The average molecular weight is 266 g/mol. The van der Waals surface area contributed by atoms with Gasteiger partial charge in [0.05, 0.1) is 17.1 Å². The van der Waals surface area contributed by atoms with Crippen molar-refractivity contribution in [2.24, 2.45) is 5.92 Å². The van der Waals surface area contributed by atoms with Crippen LogP contribution >= 0.6 is 11.3 Å². The second-order valence-corrected chi connectivity index (χ2v) is 6.18. The summed E-state index contributed by atoms with van der Waals surface area (Å²) < 4.78 is 0. The van der Waals surface area contributed by atoms with Crippen molar-refractivity contribution in [3.63, 3.8) is 0 Å². The molecule has 0 radical (unpaired) electrons.